The van der Waals surface area contributed by atoms with Crippen molar-refractivity contribution in [3.63, 3.8) is 0 Å². The second kappa shape index (κ2) is 4.47. The van der Waals surface area contributed by atoms with Crippen LogP contribution in [0, 0.1) is 0 Å². The summed E-state index contributed by atoms with van der Waals surface area (Å²) in [5, 5.41) is 13.3. The van der Waals surface area contributed by atoms with Crippen molar-refractivity contribution in [2.75, 3.05) is 0 Å². The lowest BCUT2D eigenvalue weighted by Crippen LogP contribution is -1.96. The van der Waals surface area contributed by atoms with Gasteiger partial charge in [0, 0.05) is 10.7 Å². The summed E-state index contributed by atoms with van der Waals surface area (Å²) in [5.74, 6) is 0. The lowest BCUT2D eigenvalue weighted by atomic mass is 10.3. The van der Waals surface area contributed by atoms with Gasteiger partial charge in [0.2, 0.25) is 0 Å². The number of benzene rings is 1. The van der Waals surface area contributed by atoms with Gasteiger partial charge in [-0.15, -0.1) is 0 Å². The Morgan fingerprint density at radius 1 is 1.20 bits per heavy atom. The van der Waals surface area contributed by atoms with Gasteiger partial charge in [0.25, 0.3) is 0 Å². The van der Waals surface area contributed by atoms with Crippen molar-refractivity contribution in [2.45, 2.75) is 6.61 Å². The molecule has 0 bridgehead atoms. The maximum Gasteiger partial charge on any atom is 0.102 e. The smallest absolute Gasteiger partial charge is 0.102 e. The Kier molecular flexibility index (Phi) is 3.23. The van der Waals surface area contributed by atoms with Crippen molar-refractivity contribution in [2.24, 2.45) is 0 Å². The molecule has 3 nitrogen and oxygen atoms in total. The highest BCUT2D eigenvalue weighted by atomic mass is 79.9. The molecular formula is C10H8Br2N2O. The van der Waals surface area contributed by atoms with Gasteiger partial charge in [-0.2, -0.15) is 5.10 Å². The molecule has 0 saturated heterocycles. The number of nitrogens with zero attached hydrogens (tertiary/aromatic N) is 2. The topological polar surface area (TPSA) is 38.1 Å². The van der Waals surface area contributed by atoms with Crippen molar-refractivity contribution < 1.29 is 5.11 Å². The Morgan fingerprint density at radius 2 is 1.93 bits per heavy atom. The summed E-state index contributed by atoms with van der Waals surface area (Å²) in [5.41, 5.74) is 1.57. The minimum absolute atomic E-state index is 0.0714. The van der Waals surface area contributed by atoms with Crippen molar-refractivity contribution in [1.82, 2.24) is 9.78 Å². The van der Waals surface area contributed by atoms with Gasteiger partial charge in [-0.3, -0.25) is 0 Å². The zero-order valence-corrected chi connectivity index (χ0v) is 10.9. The lowest BCUT2D eigenvalue weighted by Gasteiger charge is -2.02. The molecule has 15 heavy (non-hydrogen) atoms. The molecule has 1 aromatic carbocycles. The van der Waals surface area contributed by atoms with Crippen LogP contribution in [0.1, 0.15) is 5.69 Å². The summed E-state index contributed by atoms with van der Waals surface area (Å²) in [6.07, 6.45) is 1.83. The molecule has 1 N–H and O–H groups in total. The first-order chi connectivity index (χ1) is 7.22. The molecule has 2 rings (SSSR count). The summed E-state index contributed by atoms with van der Waals surface area (Å²) in [7, 11) is 0. The Hall–Kier alpha value is -0.650. The fraction of sp³-hybridized carbons (Fsp3) is 0.100. The highest BCUT2D eigenvalue weighted by Gasteiger charge is 2.08. The van der Waals surface area contributed by atoms with Gasteiger partial charge in [-0.25, -0.2) is 4.68 Å². The Bertz CT molecular complexity index is 482. The van der Waals surface area contributed by atoms with E-state index in [1.165, 1.54) is 0 Å². The van der Waals surface area contributed by atoms with E-state index in [9.17, 15) is 0 Å². The molecule has 0 amide bonds. The molecule has 0 aliphatic heterocycles. The summed E-state index contributed by atoms with van der Waals surface area (Å²) in [6.45, 7) is -0.0714. The maximum atomic E-state index is 9.03. The number of aliphatic hydroxyl groups excluding tert-OH is 1. The van der Waals surface area contributed by atoms with Gasteiger partial charge in [0.1, 0.15) is 5.69 Å². The van der Waals surface area contributed by atoms with Crippen LogP contribution in [0.3, 0.4) is 0 Å². The van der Waals surface area contributed by atoms with Gasteiger partial charge in [-0.1, -0.05) is 12.1 Å². The largest absolute Gasteiger partial charge is 0.390 e. The highest BCUT2D eigenvalue weighted by Crippen LogP contribution is 2.23. The van der Waals surface area contributed by atoms with E-state index in [-0.39, 0.29) is 6.61 Å². The predicted molar refractivity (Wildman–Crippen MR) is 64.9 cm³/mol. The van der Waals surface area contributed by atoms with Gasteiger partial charge >= 0.3 is 0 Å². The van der Waals surface area contributed by atoms with Gasteiger partial charge in [-0.05, 0) is 44.0 Å². The first-order valence-corrected chi connectivity index (χ1v) is 5.91. The minimum atomic E-state index is -0.0714. The third kappa shape index (κ3) is 2.14. The van der Waals surface area contributed by atoms with E-state index in [2.05, 4.69) is 37.0 Å². The molecule has 0 unspecified atom stereocenters. The van der Waals surface area contributed by atoms with E-state index in [0.29, 0.717) is 5.69 Å². The van der Waals surface area contributed by atoms with Crippen LogP contribution in [0.25, 0.3) is 5.69 Å². The molecule has 0 aliphatic rings. The zero-order chi connectivity index (χ0) is 10.8. The SMILES string of the molecule is OCc1nn(-c2ccccc2Br)cc1Br. The van der Waals surface area contributed by atoms with E-state index < -0.39 is 0 Å². The van der Waals surface area contributed by atoms with Crippen LogP contribution in [-0.4, -0.2) is 14.9 Å². The fourth-order valence-corrected chi connectivity index (χ4v) is 2.12. The number of aliphatic hydroxyl groups is 1. The van der Waals surface area contributed by atoms with E-state index >= 15 is 0 Å². The molecular weight excluding hydrogens is 324 g/mol. The van der Waals surface area contributed by atoms with Crippen molar-refractivity contribution in [3.05, 3.63) is 45.1 Å². The monoisotopic (exact) mass is 330 g/mol. The average molecular weight is 332 g/mol. The second-order valence-electron chi connectivity index (χ2n) is 2.98. The number of hydrogen-bond donors (Lipinski definition) is 1. The number of halogens is 2. The zero-order valence-electron chi connectivity index (χ0n) is 7.69. The average Bonchev–Trinajstić information content (AvgIpc) is 2.60. The third-order valence-electron chi connectivity index (χ3n) is 1.99. The molecule has 78 valence electrons. The van der Waals surface area contributed by atoms with Crippen LogP contribution in [-0.2, 0) is 6.61 Å². The normalized spacial score (nSPS) is 10.6. The molecule has 0 spiro atoms. The first-order valence-electron chi connectivity index (χ1n) is 4.32. The fourth-order valence-electron chi connectivity index (χ4n) is 1.26. The van der Waals surface area contributed by atoms with Crippen LogP contribution in [0.2, 0.25) is 0 Å². The van der Waals surface area contributed by atoms with Gasteiger partial charge < -0.3 is 5.11 Å². The molecule has 1 heterocycles. The van der Waals surface area contributed by atoms with E-state index in [4.69, 9.17) is 5.11 Å². The van der Waals surface area contributed by atoms with Crippen molar-refractivity contribution >= 4 is 31.9 Å². The number of para-hydroxylation sites is 1. The van der Waals surface area contributed by atoms with Crippen molar-refractivity contribution in [3.8, 4) is 5.69 Å². The molecule has 2 aromatic rings. The quantitative estimate of drug-likeness (QED) is 0.918. The van der Waals surface area contributed by atoms with Crippen molar-refractivity contribution in [1.29, 1.82) is 0 Å². The number of hydrogen-bond acceptors (Lipinski definition) is 2. The summed E-state index contributed by atoms with van der Waals surface area (Å²) in [6, 6.07) is 7.78. The van der Waals surface area contributed by atoms with Crippen LogP contribution in [0.5, 0.6) is 0 Å². The van der Waals surface area contributed by atoms with Gasteiger partial charge in [0.05, 0.1) is 16.8 Å². The third-order valence-corrected chi connectivity index (χ3v) is 3.32. The molecule has 0 atom stereocenters. The predicted octanol–water partition coefficient (Wildman–Crippen LogP) is 2.89. The summed E-state index contributed by atoms with van der Waals surface area (Å²) in [4.78, 5) is 0. The highest BCUT2D eigenvalue weighted by molar-refractivity contribution is 9.10. The van der Waals surface area contributed by atoms with Crippen LogP contribution < -0.4 is 0 Å². The van der Waals surface area contributed by atoms with Crippen LogP contribution in [0.15, 0.2) is 39.4 Å². The molecule has 5 heteroatoms. The maximum absolute atomic E-state index is 9.03. The lowest BCUT2D eigenvalue weighted by molar-refractivity contribution is 0.275. The van der Waals surface area contributed by atoms with E-state index in [1.54, 1.807) is 4.68 Å². The second-order valence-corrected chi connectivity index (χ2v) is 4.69. The standard InChI is InChI=1S/C10H8Br2N2O/c11-7-3-1-2-4-10(7)14-5-8(12)9(6-15)13-14/h1-5,15H,6H2. The molecule has 0 saturated carbocycles. The molecule has 0 radical (unpaired) electrons. The van der Waals surface area contributed by atoms with E-state index in [1.807, 2.05) is 30.5 Å². The van der Waals surface area contributed by atoms with Gasteiger partial charge in [0.15, 0.2) is 0 Å². The molecule has 0 aliphatic carbocycles. The number of aromatic nitrogens is 2. The van der Waals surface area contributed by atoms with Crippen LogP contribution >= 0.6 is 31.9 Å². The Balaban J connectivity index is 2.50. The number of rotatable bonds is 2. The summed E-state index contributed by atoms with van der Waals surface area (Å²) < 4.78 is 3.49. The Labute approximate surface area is 104 Å². The Morgan fingerprint density at radius 3 is 2.53 bits per heavy atom. The van der Waals surface area contributed by atoms with Crippen LogP contribution in [0.4, 0.5) is 0 Å². The molecule has 1 aromatic heterocycles. The summed E-state index contributed by atoms with van der Waals surface area (Å²) >= 11 is 6.79. The first kappa shape index (κ1) is 10.9. The minimum Gasteiger partial charge on any atom is -0.390 e. The molecule has 0 fully saturated rings. The van der Waals surface area contributed by atoms with E-state index in [0.717, 1.165) is 14.6 Å².